The summed E-state index contributed by atoms with van der Waals surface area (Å²) in [5.74, 6) is -1.28. The van der Waals surface area contributed by atoms with Gasteiger partial charge in [0.15, 0.2) is 5.69 Å². The number of anilines is 1. The van der Waals surface area contributed by atoms with E-state index >= 15 is 0 Å². The fourth-order valence-corrected chi connectivity index (χ4v) is 1.79. The second kappa shape index (κ2) is 5.43. The third-order valence-corrected chi connectivity index (χ3v) is 2.74. The molecule has 0 fully saturated rings. The molecular weight excluding hydrogens is 262 g/mol. The van der Waals surface area contributed by atoms with E-state index in [-0.39, 0.29) is 11.3 Å². The number of carbonyl (C=O) groups excluding carboxylic acids is 1. The standard InChI is InChI=1S/C13H13N3O4/c1-16-11(13(18)19)8(7-14-16)12(17)15-9-5-3-4-6-10(9)20-2/h3-7H,1-2H3,(H,15,17)(H,18,19). The van der Waals surface area contributed by atoms with E-state index in [9.17, 15) is 9.59 Å². The molecule has 7 nitrogen and oxygen atoms in total. The lowest BCUT2D eigenvalue weighted by molar-refractivity contribution is 0.0680. The van der Waals surface area contributed by atoms with E-state index in [2.05, 4.69) is 10.4 Å². The molecule has 2 aromatic rings. The highest BCUT2D eigenvalue weighted by Gasteiger charge is 2.22. The van der Waals surface area contributed by atoms with E-state index in [0.717, 1.165) is 4.68 Å². The van der Waals surface area contributed by atoms with E-state index in [1.807, 2.05) is 0 Å². The first kappa shape index (κ1) is 13.6. The van der Waals surface area contributed by atoms with Crippen LogP contribution in [0, 0.1) is 0 Å². The van der Waals surface area contributed by atoms with Crippen molar-refractivity contribution >= 4 is 17.6 Å². The predicted molar refractivity (Wildman–Crippen MR) is 71.1 cm³/mol. The van der Waals surface area contributed by atoms with Crippen LogP contribution in [0.4, 0.5) is 5.69 Å². The number of nitrogens with zero attached hydrogens (tertiary/aromatic N) is 2. The number of methoxy groups -OCH3 is 1. The summed E-state index contributed by atoms with van der Waals surface area (Å²) >= 11 is 0. The number of hydrogen-bond acceptors (Lipinski definition) is 4. The molecule has 0 radical (unpaired) electrons. The van der Waals surface area contributed by atoms with Gasteiger partial charge < -0.3 is 15.2 Å². The predicted octanol–water partition coefficient (Wildman–Crippen LogP) is 1.38. The van der Waals surface area contributed by atoms with Gasteiger partial charge in [-0.15, -0.1) is 0 Å². The normalized spacial score (nSPS) is 10.1. The number of aromatic carboxylic acids is 1. The van der Waals surface area contributed by atoms with Gasteiger partial charge in [-0.05, 0) is 12.1 Å². The van der Waals surface area contributed by atoms with Crippen molar-refractivity contribution in [2.45, 2.75) is 0 Å². The van der Waals surface area contributed by atoms with Gasteiger partial charge in [-0.1, -0.05) is 12.1 Å². The SMILES string of the molecule is COc1ccccc1NC(=O)c1cnn(C)c1C(=O)O. The summed E-state index contributed by atoms with van der Waals surface area (Å²) in [6.07, 6.45) is 1.22. The lowest BCUT2D eigenvalue weighted by Gasteiger charge is -2.09. The van der Waals surface area contributed by atoms with Crippen LogP contribution >= 0.6 is 0 Å². The Kier molecular flexibility index (Phi) is 3.69. The number of hydrogen-bond donors (Lipinski definition) is 2. The monoisotopic (exact) mass is 275 g/mol. The zero-order valence-electron chi connectivity index (χ0n) is 11.0. The summed E-state index contributed by atoms with van der Waals surface area (Å²) in [6, 6.07) is 6.85. The quantitative estimate of drug-likeness (QED) is 0.879. The first-order valence-corrected chi connectivity index (χ1v) is 5.74. The van der Waals surface area contributed by atoms with Gasteiger partial charge in [0.25, 0.3) is 5.91 Å². The smallest absolute Gasteiger partial charge is 0.354 e. The van der Waals surface area contributed by atoms with Gasteiger partial charge in [-0.25, -0.2) is 4.79 Å². The number of carbonyl (C=O) groups is 2. The van der Waals surface area contributed by atoms with Gasteiger partial charge in [0.2, 0.25) is 0 Å². The molecule has 0 spiro atoms. The molecule has 1 heterocycles. The molecule has 0 saturated heterocycles. The number of nitrogens with one attached hydrogen (secondary N) is 1. The van der Waals surface area contributed by atoms with Crippen LogP contribution in [-0.2, 0) is 7.05 Å². The summed E-state index contributed by atoms with van der Waals surface area (Å²) < 4.78 is 6.25. The number of aromatic nitrogens is 2. The molecule has 7 heteroatoms. The average Bonchev–Trinajstić information content (AvgIpc) is 2.81. The molecule has 0 aliphatic carbocycles. The maximum atomic E-state index is 12.1. The molecule has 0 aliphatic rings. The van der Waals surface area contributed by atoms with E-state index in [1.165, 1.54) is 20.4 Å². The molecule has 0 aliphatic heterocycles. The number of para-hydroxylation sites is 2. The molecule has 0 unspecified atom stereocenters. The number of carboxylic acids is 1. The number of aryl methyl sites for hydroxylation is 1. The second-order valence-electron chi connectivity index (χ2n) is 3.99. The van der Waals surface area contributed by atoms with Crippen molar-refractivity contribution in [1.29, 1.82) is 0 Å². The van der Waals surface area contributed by atoms with Gasteiger partial charge in [-0.3, -0.25) is 9.48 Å². The van der Waals surface area contributed by atoms with E-state index in [0.29, 0.717) is 11.4 Å². The van der Waals surface area contributed by atoms with Crippen LogP contribution in [0.1, 0.15) is 20.8 Å². The molecule has 1 amide bonds. The number of benzene rings is 1. The van der Waals surface area contributed by atoms with Crippen molar-refractivity contribution in [2.75, 3.05) is 12.4 Å². The van der Waals surface area contributed by atoms with Crippen LogP contribution in [0.3, 0.4) is 0 Å². The van der Waals surface area contributed by atoms with Crippen LogP contribution in [0.25, 0.3) is 0 Å². The van der Waals surface area contributed by atoms with E-state index < -0.39 is 11.9 Å². The zero-order chi connectivity index (χ0) is 14.7. The van der Waals surface area contributed by atoms with Gasteiger partial charge in [-0.2, -0.15) is 5.10 Å². The Morgan fingerprint density at radius 2 is 2.05 bits per heavy atom. The minimum absolute atomic E-state index is 0.00842. The number of amides is 1. The van der Waals surface area contributed by atoms with Gasteiger partial charge >= 0.3 is 5.97 Å². The van der Waals surface area contributed by atoms with Gasteiger partial charge in [0, 0.05) is 7.05 Å². The largest absolute Gasteiger partial charge is 0.495 e. The van der Waals surface area contributed by atoms with E-state index in [1.54, 1.807) is 24.3 Å². The summed E-state index contributed by atoms with van der Waals surface area (Å²) in [5.41, 5.74) is 0.281. The third-order valence-electron chi connectivity index (χ3n) is 2.74. The van der Waals surface area contributed by atoms with Crippen LogP contribution in [0.15, 0.2) is 30.5 Å². The maximum Gasteiger partial charge on any atom is 0.354 e. The Morgan fingerprint density at radius 1 is 1.35 bits per heavy atom. The lowest BCUT2D eigenvalue weighted by atomic mass is 10.2. The highest BCUT2D eigenvalue weighted by molar-refractivity contribution is 6.10. The van der Waals surface area contributed by atoms with Gasteiger partial charge in [0.1, 0.15) is 5.75 Å². The van der Waals surface area contributed by atoms with Crippen LogP contribution in [0.2, 0.25) is 0 Å². The summed E-state index contributed by atoms with van der Waals surface area (Å²) in [6.45, 7) is 0. The Hall–Kier alpha value is -2.83. The minimum Gasteiger partial charge on any atom is -0.495 e. The van der Waals surface area contributed by atoms with Crippen LogP contribution in [-0.4, -0.2) is 33.9 Å². The molecule has 104 valence electrons. The third kappa shape index (κ3) is 2.46. The number of carboxylic acid groups (broad SMARTS) is 1. The van der Waals surface area contributed by atoms with Crippen molar-refractivity contribution in [3.05, 3.63) is 41.7 Å². The van der Waals surface area contributed by atoms with E-state index in [4.69, 9.17) is 9.84 Å². The topological polar surface area (TPSA) is 93.5 Å². The molecule has 2 N–H and O–H groups in total. The van der Waals surface area contributed by atoms with Crippen LogP contribution in [0.5, 0.6) is 5.75 Å². The Labute approximate surface area is 114 Å². The van der Waals surface area contributed by atoms with Crippen molar-refractivity contribution < 1.29 is 19.4 Å². The highest BCUT2D eigenvalue weighted by Crippen LogP contribution is 2.24. The molecule has 0 bridgehead atoms. The van der Waals surface area contributed by atoms with Crippen molar-refractivity contribution in [1.82, 2.24) is 9.78 Å². The number of ether oxygens (including phenoxy) is 1. The van der Waals surface area contributed by atoms with Gasteiger partial charge in [0.05, 0.1) is 24.6 Å². The fourth-order valence-electron chi connectivity index (χ4n) is 1.79. The molecule has 20 heavy (non-hydrogen) atoms. The van der Waals surface area contributed by atoms with Crippen LogP contribution < -0.4 is 10.1 Å². The summed E-state index contributed by atoms with van der Waals surface area (Å²) in [4.78, 5) is 23.3. The Morgan fingerprint density at radius 3 is 2.70 bits per heavy atom. The molecule has 2 rings (SSSR count). The summed E-state index contributed by atoms with van der Waals surface area (Å²) in [5, 5.41) is 15.5. The highest BCUT2D eigenvalue weighted by atomic mass is 16.5. The first-order valence-electron chi connectivity index (χ1n) is 5.74. The zero-order valence-corrected chi connectivity index (χ0v) is 11.0. The minimum atomic E-state index is -1.21. The average molecular weight is 275 g/mol. The summed E-state index contributed by atoms with van der Waals surface area (Å²) in [7, 11) is 2.95. The fraction of sp³-hybridized carbons (Fsp3) is 0.154. The second-order valence-corrected chi connectivity index (χ2v) is 3.99. The molecule has 0 saturated carbocycles. The molecule has 1 aromatic carbocycles. The van der Waals surface area contributed by atoms with Crippen molar-refractivity contribution in [3.8, 4) is 5.75 Å². The molecular formula is C13H13N3O4. The Bertz CT molecular complexity index is 663. The number of rotatable bonds is 4. The van der Waals surface area contributed by atoms with Crippen molar-refractivity contribution in [3.63, 3.8) is 0 Å². The molecule has 1 aromatic heterocycles. The lowest BCUT2D eigenvalue weighted by Crippen LogP contribution is -2.17. The Balaban J connectivity index is 2.31. The first-order chi connectivity index (χ1) is 9.54. The maximum absolute atomic E-state index is 12.1. The van der Waals surface area contributed by atoms with Crippen molar-refractivity contribution in [2.24, 2.45) is 7.05 Å². The molecule has 0 atom stereocenters.